The van der Waals surface area contributed by atoms with Crippen molar-refractivity contribution in [1.82, 2.24) is 5.32 Å². The van der Waals surface area contributed by atoms with Gasteiger partial charge >= 0.3 is 0 Å². The van der Waals surface area contributed by atoms with Crippen LogP contribution in [-0.2, 0) is 4.74 Å². The van der Waals surface area contributed by atoms with Crippen LogP contribution in [0.3, 0.4) is 0 Å². The van der Waals surface area contributed by atoms with Gasteiger partial charge in [0.05, 0.1) is 19.3 Å². The molecule has 1 aliphatic rings. The van der Waals surface area contributed by atoms with E-state index in [0.717, 1.165) is 5.17 Å². The second-order valence-electron chi connectivity index (χ2n) is 3.53. The fourth-order valence-electron chi connectivity index (χ4n) is 1.30. The largest absolute Gasteiger partial charge is 0.394 e. The molecule has 1 aliphatic heterocycles. The number of aliphatic hydroxyl groups excluding tert-OH is 3. The van der Waals surface area contributed by atoms with Crippen LogP contribution in [0.4, 0.5) is 0 Å². The Bertz CT molecular complexity index is 250. The molecule has 94 valence electrons. The van der Waals surface area contributed by atoms with E-state index in [4.69, 9.17) is 9.84 Å². The lowest BCUT2D eigenvalue weighted by Crippen LogP contribution is -2.41. The van der Waals surface area contributed by atoms with Crippen molar-refractivity contribution in [3.05, 3.63) is 0 Å². The lowest BCUT2D eigenvalue weighted by Gasteiger charge is -2.25. The normalized spacial score (nSPS) is 26.1. The van der Waals surface area contributed by atoms with Crippen LogP contribution in [0.2, 0.25) is 0 Å². The summed E-state index contributed by atoms with van der Waals surface area (Å²) in [5.74, 6) is 0. The quantitative estimate of drug-likeness (QED) is 0.487. The summed E-state index contributed by atoms with van der Waals surface area (Å²) in [6.45, 7) is 1.59. The molecule has 1 rings (SSSR count). The van der Waals surface area contributed by atoms with Gasteiger partial charge in [-0.05, 0) is 6.92 Å². The zero-order valence-electron chi connectivity index (χ0n) is 9.33. The van der Waals surface area contributed by atoms with Crippen LogP contribution in [0, 0.1) is 0 Å². The molecule has 0 aliphatic carbocycles. The van der Waals surface area contributed by atoms with E-state index in [0.29, 0.717) is 6.54 Å². The average Bonchev–Trinajstić information content (AvgIpc) is 2.72. The lowest BCUT2D eigenvalue weighted by atomic mass is 10.1. The van der Waals surface area contributed by atoms with E-state index in [9.17, 15) is 10.2 Å². The Morgan fingerprint density at radius 3 is 2.75 bits per heavy atom. The smallest absolute Gasteiger partial charge is 0.159 e. The Balaban J connectivity index is 2.41. The lowest BCUT2D eigenvalue weighted by molar-refractivity contribution is -0.107. The molecule has 0 spiro atoms. The summed E-state index contributed by atoms with van der Waals surface area (Å²) in [6.07, 6.45) is -2.82. The van der Waals surface area contributed by atoms with Crippen LogP contribution in [0.25, 0.3) is 0 Å². The first-order chi connectivity index (χ1) is 7.58. The Kier molecular flexibility index (Phi) is 5.50. The van der Waals surface area contributed by atoms with Crippen LogP contribution in [-0.4, -0.2) is 64.4 Å². The number of aliphatic hydroxyl groups is 3. The number of amidine groups is 1. The molecule has 0 aromatic carbocycles. The minimum Gasteiger partial charge on any atom is -0.394 e. The maximum atomic E-state index is 9.57. The molecule has 16 heavy (non-hydrogen) atoms. The van der Waals surface area contributed by atoms with Gasteiger partial charge in [0, 0.05) is 7.05 Å². The second kappa shape index (κ2) is 6.41. The number of hydrogen-bond acceptors (Lipinski definition) is 7. The standard InChI is InChI=1S/C9H18N2O4S/c1-5(13)8(14)6(4-12)15-7-3-11-9(10-2)16-7/h5-8,12-14H,3-4H2,1-2H3,(H,10,11)/t5-,6-,7?,8+/m1/s1. The van der Waals surface area contributed by atoms with Crippen LogP contribution in [0.5, 0.6) is 0 Å². The Labute approximate surface area is 98.7 Å². The molecule has 1 heterocycles. The van der Waals surface area contributed by atoms with Gasteiger partial charge in [0.1, 0.15) is 17.6 Å². The van der Waals surface area contributed by atoms with Gasteiger partial charge in [-0.1, -0.05) is 11.8 Å². The summed E-state index contributed by atoms with van der Waals surface area (Å²) in [6, 6.07) is 0. The molecule has 0 radical (unpaired) electrons. The van der Waals surface area contributed by atoms with Crippen molar-refractivity contribution in [2.24, 2.45) is 4.99 Å². The SMILES string of the molecule is CNC1=NCC(O[C@H](CO)[C@@H](O)[C@@H](C)O)S1. The summed E-state index contributed by atoms with van der Waals surface area (Å²) in [5, 5.41) is 31.5. The first kappa shape index (κ1) is 13.7. The zero-order valence-corrected chi connectivity index (χ0v) is 10.1. The van der Waals surface area contributed by atoms with Crippen LogP contribution in [0.15, 0.2) is 4.99 Å². The third-order valence-electron chi connectivity index (χ3n) is 2.22. The molecule has 6 nitrogen and oxygen atoms in total. The summed E-state index contributed by atoms with van der Waals surface area (Å²) >= 11 is 1.40. The van der Waals surface area contributed by atoms with Gasteiger partial charge in [0.2, 0.25) is 0 Å². The van der Waals surface area contributed by atoms with Crippen LogP contribution < -0.4 is 5.32 Å². The van der Waals surface area contributed by atoms with E-state index < -0.39 is 18.3 Å². The van der Waals surface area contributed by atoms with E-state index >= 15 is 0 Å². The van der Waals surface area contributed by atoms with Crippen LogP contribution >= 0.6 is 11.8 Å². The van der Waals surface area contributed by atoms with Crippen molar-refractivity contribution < 1.29 is 20.1 Å². The monoisotopic (exact) mass is 250 g/mol. The number of hydrogen-bond donors (Lipinski definition) is 4. The molecule has 4 N–H and O–H groups in total. The fraction of sp³-hybridized carbons (Fsp3) is 0.889. The highest BCUT2D eigenvalue weighted by Crippen LogP contribution is 2.23. The second-order valence-corrected chi connectivity index (χ2v) is 4.68. The Morgan fingerprint density at radius 1 is 1.62 bits per heavy atom. The molecule has 0 saturated heterocycles. The number of aliphatic imine (C=N–C) groups is 1. The molecule has 7 heteroatoms. The summed E-state index contributed by atoms with van der Waals surface area (Å²) < 4.78 is 5.46. The molecule has 0 aromatic rings. The van der Waals surface area contributed by atoms with Gasteiger partial charge in [0.15, 0.2) is 5.17 Å². The van der Waals surface area contributed by atoms with Crippen molar-refractivity contribution in [3.63, 3.8) is 0 Å². The fourth-order valence-corrected chi connectivity index (χ4v) is 2.17. The van der Waals surface area contributed by atoms with Crippen molar-refractivity contribution in [1.29, 1.82) is 0 Å². The maximum absolute atomic E-state index is 9.57. The number of nitrogens with zero attached hydrogens (tertiary/aromatic N) is 1. The molecule has 0 saturated carbocycles. The molecule has 1 unspecified atom stereocenters. The molecular formula is C9H18N2O4S. The molecule has 0 amide bonds. The van der Waals surface area contributed by atoms with Gasteiger partial charge in [-0.3, -0.25) is 4.99 Å². The summed E-state index contributed by atoms with van der Waals surface area (Å²) in [4.78, 5) is 4.14. The van der Waals surface area contributed by atoms with Crippen molar-refractivity contribution in [2.75, 3.05) is 20.2 Å². The molecule has 0 aromatic heterocycles. The summed E-state index contributed by atoms with van der Waals surface area (Å²) in [7, 11) is 1.77. The maximum Gasteiger partial charge on any atom is 0.159 e. The van der Waals surface area contributed by atoms with E-state index in [-0.39, 0.29) is 12.0 Å². The average molecular weight is 250 g/mol. The number of ether oxygens (including phenoxy) is 1. The van der Waals surface area contributed by atoms with Gasteiger partial charge in [-0.25, -0.2) is 0 Å². The zero-order chi connectivity index (χ0) is 12.1. The molecule has 0 fully saturated rings. The van der Waals surface area contributed by atoms with Gasteiger partial charge in [-0.15, -0.1) is 0 Å². The first-order valence-corrected chi connectivity index (χ1v) is 5.97. The number of nitrogens with one attached hydrogen (secondary N) is 1. The highest BCUT2D eigenvalue weighted by molar-refractivity contribution is 8.14. The van der Waals surface area contributed by atoms with Crippen LogP contribution in [0.1, 0.15) is 6.92 Å². The van der Waals surface area contributed by atoms with Gasteiger partial charge in [0.25, 0.3) is 0 Å². The van der Waals surface area contributed by atoms with Gasteiger partial charge in [-0.2, -0.15) is 0 Å². The predicted octanol–water partition coefficient (Wildman–Crippen LogP) is -1.25. The third kappa shape index (κ3) is 3.60. The van der Waals surface area contributed by atoms with Crippen molar-refractivity contribution in [3.8, 4) is 0 Å². The highest BCUT2D eigenvalue weighted by atomic mass is 32.2. The van der Waals surface area contributed by atoms with Gasteiger partial charge < -0.3 is 25.4 Å². The third-order valence-corrected chi connectivity index (χ3v) is 3.30. The summed E-state index contributed by atoms with van der Waals surface area (Å²) in [5.41, 5.74) is -0.229. The Morgan fingerprint density at radius 2 is 2.31 bits per heavy atom. The minimum absolute atomic E-state index is 0.229. The topological polar surface area (TPSA) is 94.3 Å². The first-order valence-electron chi connectivity index (χ1n) is 5.09. The van der Waals surface area contributed by atoms with Crippen molar-refractivity contribution >= 4 is 16.9 Å². The highest BCUT2D eigenvalue weighted by Gasteiger charge is 2.29. The molecule has 4 atom stereocenters. The Hall–Kier alpha value is -0.340. The molecular weight excluding hydrogens is 232 g/mol. The number of thioether (sulfide) groups is 1. The van der Waals surface area contributed by atoms with Crippen molar-refractivity contribution in [2.45, 2.75) is 30.7 Å². The molecule has 0 bridgehead atoms. The van der Waals surface area contributed by atoms with E-state index in [2.05, 4.69) is 10.3 Å². The minimum atomic E-state index is -1.09. The number of rotatable bonds is 5. The van der Waals surface area contributed by atoms with E-state index in [1.807, 2.05) is 0 Å². The van der Waals surface area contributed by atoms with E-state index in [1.165, 1.54) is 18.7 Å². The predicted molar refractivity (Wildman–Crippen MR) is 62.4 cm³/mol. The van der Waals surface area contributed by atoms with E-state index in [1.54, 1.807) is 7.05 Å².